The van der Waals surface area contributed by atoms with Crippen molar-refractivity contribution in [1.82, 2.24) is 15.1 Å². The number of hydrogen-bond donors (Lipinski definition) is 1. The molecule has 0 amide bonds. The van der Waals surface area contributed by atoms with Crippen molar-refractivity contribution >= 4 is 16.6 Å². The molecule has 0 spiro atoms. The van der Waals surface area contributed by atoms with Gasteiger partial charge in [-0.25, -0.2) is 0 Å². The van der Waals surface area contributed by atoms with Gasteiger partial charge in [0.05, 0.1) is 11.2 Å². The van der Waals surface area contributed by atoms with E-state index in [9.17, 15) is 0 Å². The Kier molecular flexibility index (Phi) is 4.93. The van der Waals surface area contributed by atoms with Crippen LogP contribution in [0, 0.1) is 0 Å². The predicted molar refractivity (Wildman–Crippen MR) is 109 cm³/mol. The molecule has 1 saturated heterocycles. The number of rotatable bonds is 5. The molecule has 1 N–H and O–H groups in total. The Bertz CT molecular complexity index is 868. The summed E-state index contributed by atoms with van der Waals surface area (Å²) >= 11 is 0. The number of nitrogens with one attached hydrogen (secondary N) is 1. The fourth-order valence-electron chi connectivity index (χ4n) is 4.03. The summed E-state index contributed by atoms with van der Waals surface area (Å²) in [5, 5.41) is 9.75. The average molecular weight is 348 g/mol. The normalized spacial score (nSPS) is 17.8. The van der Waals surface area contributed by atoms with Gasteiger partial charge in [0.2, 0.25) is 0 Å². The van der Waals surface area contributed by atoms with Crippen LogP contribution in [0.5, 0.6) is 0 Å². The van der Waals surface area contributed by atoms with E-state index >= 15 is 0 Å². The molecule has 136 valence electrons. The van der Waals surface area contributed by atoms with Gasteiger partial charge in [-0.05, 0) is 43.5 Å². The Hall–Kier alpha value is -2.33. The maximum Gasteiger partial charge on any atom is 0.0705 e. The van der Waals surface area contributed by atoms with Gasteiger partial charge in [-0.3, -0.25) is 4.68 Å². The summed E-state index contributed by atoms with van der Waals surface area (Å²) in [6.07, 6.45) is 2.06. The molecule has 0 aliphatic carbocycles. The molecule has 1 fully saturated rings. The maximum absolute atomic E-state index is 4.77. The lowest BCUT2D eigenvalue weighted by Gasteiger charge is -2.35. The first-order valence-corrected chi connectivity index (χ1v) is 9.80. The van der Waals surface area contributed by atoms with Gasteiger partial charge in [0.1, 0.15) is 0 Å². The zero-order chi connectivity index (χ0) is 17.9. The van der Waals surface area contributed by atoms with Crippen molar-refractivity contribution in [3.63, 3.8) is 0 Å². The molecule has 1 atom stereocenters. The number of anilines is 1. The van der Waals surface area contributed by atoms with E-state index in [1.807, 2.05) is 0 Å². The van der Waals surface area contributed by atoms with E-state index in [1.165, 1.54) is 27.8 Å². The van der Waals surface area contributed by atoms with Crippen molar-refractivity contribution in [2.45, 2.75) is 39.3 Å². The van der Waals surface area contributed by atoms with Crippen LogP contribution in [0.2, 0.25) is 0 Å². The Morgan fingerprint density at radius 3 is 2.73 bits per heavy atom. The van der Waals surface area contributed by atoms with E-state index in [2.05, 4.69) is 77.3 Å². The maximum atomic E-state index is 4.77. The smallest absolute Gasteiger partial charge is 0.0705 e. The van der Waals surface area contributed by atoms with E-state index in [0.717, 1.165) is 39.0 Å². The Morgan fingerprint density at radius 1 is 1.12 bits per heavy atom. The van der Waals surface area contributed by atoms with Gasteiger partial charge in [-0.15, -0.1) is 0 Å². The summed E-state index contributed by atoms with van der Waals surface area (Å²) < 4.78 is 2.14. The minimum absolute atomic E-state index is 0.490. The fraction of sp³-hybridized carbons (Fsp3) is 0.409. The SMILES string of the molecule is CCc1nn(CC)c2cc(N3CCN[C@@H](Cc4ccccc4)C3)ccc12. The summed E-state index contributed by atoms with van der Waals surface area (Å²) in [6, 6.07) is 18.1. The van der Waals surface area contributed by atoms with Crippen LogP contribution in [-0.4, -0.2) is 35.5 Å². The first kappa shape index (κ1) is 17.1. The van der Waals surface area contributed by atoms with Crippen molar-refractivity contribution in [2.75, 3.05) is 24.5 Å². The summed E-state index contributed by atoms with van der Waals surface area (Å²) in [7, 11) is 0. The van der Waals surface area contributed by atoms with Crippen LogP contribution in [0.1, 0.15) is 25.1 Å². The second-order valence-corrected chi connectivity index (χ2v) is 7.10. The second kappa shape index (κ2) is 7.50. The molecule has 3 aromatic rings. The average Bonchev–Trinajstić information content (AvgIpc) is 3.06. The number of aryl methyl sites for hydroxylation is 2. The third-order valence-corrected chi connectivity index (χ3v) is 5.39. The molecule has 4 rings (SSSR count). The van der Waals surface area contributed by atoms with E-state index in [1.54, 1.807) is 0 Å². The highest BCUT2D eigenvalue weighted by molar-refractivity contribution is 5.85. The van der Waals surface area contributed by atoms with Crippen LogP contribution in [0.3, 0.4) is 0 Å². The van der Waals surface area contributed by atoms with Gasteiger partial charge in [-0.2, -0.15) is 5.10 Å². The summed E-state index contributed by atoms with van der Waals surface area (Å²) in [6.45, 7) is 8.39. The molecule has 1 aromatic heterocycles. The lowest BCUT2D eigenvalue weighted by Crippen LogP contribution is -2.51. The number of aromatic nitrogens is 2. The number of benzene rings is 2. The first-order valence-electron chi connectivity index (χ1n) is 9.80. The Balaban J connectivity index is 1.56. The molecule has 1 aliphatic rings. The van der Waals surface area contributed by atoms with Crippen LogP contribution >= 0.6 is 0 Å². The Morgan fingerprint density at radius 2 is 1.96 bits per heavy atom. The van der Waals surface area contributed by atoms with Gasteiger partial charge >= 0.3 is 0 Å². The van der Waals surface area contributed by atoms with Crippen LogP contribution in [0.15, 0.2) is 48.5 Å². The topological polar surface area (TPSA) is 33.1 Å². The standard InChI is InChI=1S/C22H28N4/c1-3-21-20-11-10-19(15-22(20)26(4-2)24-21)25-13-12-23-18(16-25)14-17-8-6-5-7-9-17/h5-11,15,18,23H,3-4,12-14,16H2,1-2H3/t18-/m0/s1. The monoisotopic (exact) mass is 348 g/mol. The van der Waals surface area contributed by atoms with E-state index < -0.39 is 0 Å². The fourth-order valence-corrected chi connectivity index (χ4v) is 4.03. The molecule has 1 aliphatic heterocycles. The highest BCUT2D eigenvalue weighted by atomic mass is 15.3. The molecular formula is C22H28N4. The molecule has 0 radical (unpaired) electrons. The van der Waals surface area contributed by atoms with Crippen molar-refractivity contribution in [3.8, 4) is 0 Å². The van der Waals surface area contributed by atoms with Crippen LogP contribution < -0.4 is 10.2 Å². The van der Waals surface area contributed by atoms with Crippen molar-refractivity contribution < 1.29 is 0 Å². The van der Waals surface area contributed by atoms with Gasteiger partial charge in [0.25, 0.3) is 0 Å². The van der Waals surface area contributed by atoms with Gasteiger partial charge in [-0.1, -0.05) is 37.3 Å². The minimum Gasteiger partial charge on any atom is -0.369 e. The molecule has 0 saturated carbocycles. The largest absolute Gasteiger partial charge is 0.369 e. The molecule has 0 bridgehead atoms. The lowest BCUT2D eigenvalue weighted by atomic mass is 10.0. The quantitative estimate of drug-likeness (QED) is 0.764. The number of nitrogens with zero attached hydrogens (tertiary/aromatic N) is 3. The highest BCUT2D eigenvalue weighted by Crippen LogP contribution is 2.26. The zero-order valence-electron chi connectivity index (χ0n) is 15.8. The van der Waals surface area contributed by atoms with E-state index in [4.69, 9.17) is 5.10 Å². The molecular weight excluding hydrogens is 320 g/mol. The molecule has 2 aromatic carbocycles. The molecule has 4 nitrogen and oxygen atoms in total. The van der Waals surface area contributed by atoms with Crippen molar-refractivity contribution in [1.29, 1.82) is 0 Å². The van der Waals surface area contributed by atoms with E-state index in [-0.39, 0.29) is 0 Å². The predicted octanol–water partition coefficient (Wildman–Crippen LogP) is 3.64. The zero-order valence-corrected chi connectivity index (χ0v) is 15.8. The Labute approximate surface area is 155 Å². The van der Waals surface area contributed by atoms with Gasteiger partial charge in [0.15, 0.2) is 0 Å². The van der Waals surface area contributed by atoms with Crippen LogP contribution in [-0.2, 0) is 19.4 Å². The molecule has 26 heavy (non-hydrogen) atoms. The lowest BCUT2D eigenvalue weighted by molar-refractivity contribution is 0.455. The molecule has 4 heteroatoms. The third kappa shape index (κ3) is 3.34. The number of fused-ring (bicyclic) bond motifs is 1. The molecule has 0 unspecified atom stereocenters. The summed E-state index contributed by atoms with van der Waals surface area (Å²) in [4.78, 5) is 2.52. The van der Waals surface area contributed by atoms with Crippen molar-refractivity contribution in [3.05, 3.63) is 59.8 Å². The van der Waals surface area contributed by atoms with Crippen LogP contribution in [0.4, 0.5) is 5.69 Å². The summed E-state index contributed by atoms with van der Waals surface area (Å²) in [5.74, 6) is 0. The minimum atomic E-state index is 0.490. The van der Waals surface area contributed by atoms with E-state index in [0.29, 0.717) is 6.04 Å². The number of piperazine rings is 1. The molecule has 2 heterocycles. The second-order valence-electron chi connectivity index (χ2n) is 7.10. The first-order chi connectivity index (χ1) is 12.8. The van der Waals surface area contributed by atoms with Crippen LogP contribution in [0.25, 0.3) is 10.9 Å². The third-order valence-electron chi connectivity index (χ3n) is 5.39. The number of hydrogen-bond acceptors (Lipinski definition) is 3. The van der Waals surface area contributed by atoms with Crippen molar-refractivity contribution in [2.24, 2.45) is 0 Å². The van der Waals surface area contributed by atoms with Gasteiger partial charge in [0, 0.05) is 43.3 Å². The highest BCUT2D eigenvalue weighted by Gasteiger charge is 2.21. The summed E-state index contributed by atoms with van der Waals surface area (Å²) in [5.41, 5.74) is 5.18. The van der Waals surface area contributed by atoms with Gasteiger partial charge < -0.3 is 10.2 Å².